The fourth-order valence-electron chi connectivity index (χ4n) is 3.26. The Bertz CT molecular complexity index is 985. The van der Waals surface area contributed by atoms with Crippen LogP contribution in [-0.2, 0) is 6.54 Å². The third-order valence-corrected chi connectivity index (χ3v) is 4.42. The molecule has 120 valence electrons. The van der Waals surface area contributed by atoms with E-state index in [2.05, 4.69) is 75.7 Å². The molecule has 3 heteroatoms. The van der Waals surface area contributed by atoms with Gasteiger partial charge in [-0.05, 0) is 43.0 Å². The van der Waals surface area contributed by atoms with E-state index in [4.69, 9.17) is 0 Å². The predicted molar refractivity (Wildman–Crippen MR) is 102 cm³/mol. The maximum Gasteiger partial charge on any atom is 0.0725 e. The Morgan fingerprint density at radius 3 is 2.79 bits per heavy atom. The highest BCUT2D eigenvalue weighted by molar-refractivity contribution is 5.91. The van der Waals surface area contributed by atoms with Gasteiger partial charge in [0.25, 0.3) is 0 Å². The topological polar surface area (TPSA) is 29.9 Å². The third kappa shape index (κ3) is 2.85. The molecule has 4 aromatic rings. The van der Waals surface area contributed by atoms with Crippen LogP contribution >= 0.6 is 0 Å². The fourth-order valence-corrected chi connectivity index (χ4v) is 3.26. The van der Waals surface area contributed by atoms with Crippen LogP contribution in [0.1, 0.15) is 12.1 Å². The Morgan fingerprint density at radius 2 is 1.83 bits per heavy atom. The number of benzene rings is 2. The molecule has 0 aliphatic rings. The number of para-hydroxylation sites is 2. The summed E-state index contributed by atoms with van der Waals surface area (Å²) in [4.78, 5) is 4.60. The van der Waals surface area contributed by atoms with Crippen LogP contribution in [0.3, 0.4) is 0 Å². The number of anilines is 1. The van der Waals surface area contributed by atoms with Gasteiger partial charge in [0.15, 0.2) is 0 Å². The fraction of sp³-hybridized carbons (Fsp3) is 0.190. The molecule has 0 radical (unpaired) electrons. The summed E-state index contributed by atoms with van der Waals surface area (Å²) in [5.74, 6) is 0. The summed E-state index contributed by atoms with van der Waals surface area (Å²) in [6.45, 7) is 4.01. The third-order valence-electron chi connectivity index (χ3n) is 4.42. The Labute approximate surface area is 142 Å². The highest BCUT2D eigenvalue weighted by Gasteiger charge is 2.03. The lowest BCUT2D eigenvalue weighted by Crippen LogP contribution is -2.07. The lowest BCUT2D eigenvalue weighted by atomic mass is 10.1. The molecule has 0 unspecified atom stereocenters. The van der Waals surface area contributed by atoms with Crippen molar-refractivity contribution in [1.29, 1.82) is 0 Å². The monoisotopic (exact) mass is 315 g/mol. The zero-order chi connectivity index (χ0) is 16.4. The summed E-state index contributed by atoms with van der Waals surface area (Å²) >= 11 is 0. The van der Waals surface area contributed by atoms with Gasteiger partial charge >= 0.3 is 0 Å². The number of fused-ring (bicyclic) bond motifs is 2. The normalized spacial score (nSPS) is 11.2. The van der Waals surface area contributed by atoms with Crippen molar-refractivity contribution in [3.8, 4) is 0 Å². The van der Waals surface area contributed by atoms with E-state index in [0.717, 1.165) is 30.7 Å². The Balaban J connectivity index is 1.44. The van der Waals surface area contributed by atoms with E-state index in [0.29, 0.717) is 0 Å². The predicted octanol–water partition coefficient (Wildman–Crippen LogP) is 5.00. The molecule has 0 saturated heterocycles. The molecule has 4 rings (SSSR count). The van der Waals surface area contributed by atoms with Crippen LogP contribution in [0.5, 0.6) is 0 Å². The van der Waals surface area contributed by atoms with Crippen LogP contribution in [0.4, 0.5) is 5.69 Å². The van der Waals surface area contributed by atoms with Gasteiger partial charge in [0.2, 0.25) is 0 Å². The van der Waals surface area contributed by atoms with Crippen molar-refractivity contribution in [2.75, 3.05) is 11.9 Å². The van der Waals surface area contributed by atoms with Crippen LogP contribution in [0, 0.1) is 6.92 Å². The minimum Gasteiger partial charge on any atom is -0.384 e. The van der Waals surface area contributed by atoms with E-state index < -0.39 is 0 Å². The van der Waals surface area contributed by atoms with Crippen LogP contribution in [0.25, 0.3) is 21.8 Å². The number of aryl methyl sites for hydroxylation is 2. The molecule has 0 aliphatic carbocycles. The molecule has 0 amide bonds. The molecule has 2 aromatic heterocycles. The molecule has 1 N–H and O–H groups in total. The molecule has 2 aromatic carbocycles. The maximum absolute atomic E-state index is 4.60. The van der Waals surface area contributed by atoms with E-state index in [1.165, 1.54) is 22.0 Å². The van der Waals surface area contributed by atoms with Crippen molar-refractivity contribution < 1.29 is 0 Å². The molecule has 0 aliphatic heterocycles. The molecule has 0 bridgehead atoms. The Hall–Kier alpha value is -2.81. The smallest absolute Gasteiger partial charge is 0.0725 e. The van der Waals surface area contributed by atoms with Crippen molar-refractivity contribution >= 4 is 27.5 Å². The van der Waals surface area contributed by atoms with Crippen molar-refractivity contribution in [2.45, 2.75) is 19.9 Å². The van der Waals surface area contributed by atoms with Gasteiger partial charge in [0.1, 0.15) is 0 Å². The Kier molecular flexibility index (Phi) is 3.91. The number of nitrogens with zero attached hydrogens (tertiary/aromatic N) is 2. The number of rotatable bonds is 5. The summed E-state index contributed by atoms with van der Waals surface area (Å²) in [6, 6.07) is 21.2. The SMILES string of the molecule is Cc1cc(NCCCn2ccc3ccccc32)c2ccccc2n1. The minimum atomic E-state index is 0.944. The lowest BCUT2D eigenvalue weighted by Gasteiger charge is -2.11. The molecule has 3 nitrogen and oxygen atoms in total. The van der Waals surface area contributed by atoms with Gasteiger partial charge in [0, 0.05) is 41.6 Å². The highest BCUT2D eigenvalue weighted by Crippen LogP contribution is 2.23. The quantitative estimate of drug-likeness (QED) is 0.525. The average Bonchev–Trinajstić information content (AvgIpc) is 3.02. The standard InChI is InChI=1S/C21H21N3/c1-16-15-20(18-8-3-4-9-19(18)23-16)22-12-6-13-24-14-11-17-7-2-5-10-21(17)24/h2-5,7-11,14-15H,6,12-13H2,1H3,(H,22,23). The summed E-state index contributed by atoms with van der Waals surface area (Å²) in [5.41, 5.74) is 4.59. The van der Waals surface area contributed by atoms with Gasteiger partial charge in [0.05, 0.1) is 5.52 Å². The zero-order valence-corrected chi connectivity index (χ0v) is 13.9. The summed E-state index contributed by atoms with van der Waals surface area (Å²) in [7, 11) is 0. The minimum absolute atomic E-state index is 0.944. The molecular weight excluding hydrogens is 294 g/mol. The average molecular weight is 315 g/mol. The first kappa shape index (κ1) is 14.8. The van der Waals surface area contributed by atoms with Gasteiger partial charge in [-0.1, -0.05) is 36.4 Å². The van der Waals surface area contributed by atoms with Crippen molar-refractivity contribution in [2.24, 2.45) is 0 Å². The summed E-state index contributed by atoms with van der Waals surface area (Å²) < 4.78 is 2.33. The lowest BCUT2D eigenvalue weighted by molar-refractivity contribution is 0.683. The number of hydrogen-bond acceptors (Lipinski definition) is 2. The van der Waals surface area contributed by atoms with Crippen LogP contribution in [0.15, 0.2) is 66.9 Å². The van der Waals surface area contributed by atoms with E-state index >= 15 is 0 Å². The van der Waals surface area contributed by atoms with Gasteiger partial charge < -0.3 is 9.88 Å². The maximum atomic E-state index is 4.60. The Morgan fingerprint density at radius 1 is 1.00 bits per heavy atom. The second-order valence-electron chi connectivity index (χ2n) is 6.18. The first-order chi connectivity index (χ1) is 11.8. The van der Waals surface area contributed by atoms with Crippen molar-refractivity contribution in [3.63, 3.8) is 0 Å². The molecule has 24 heavy (non-hydrogen) atoms. The van der Waals surface area contributed by atoms with E-state index in [1.807, 2.05) is 13.0 Å². The number of aromatic nitrogens is 2. The summed E-state index contributed by atoms with van der Waals surface area (Å²) in [5, 5.41) is 6.08. The molecule has 0 atom stereocenters. The number of pyridine rings is 1. The van der Waals surface area contributed by atoms with Crippen LogP contribution in [0.2, 0.25) is 0 Å². The van der Waals surface area contributed by atoms with Gasteiger partial charge in [-0.15, -0.1) is 0 Å². The zero-order valence-electron chi connectivity index (χ0n) is 13.9. The molecule has 2 heterocycles. The number of hydrogen-bond donors (Lipinski definition) is 1. The largest absolute Gasteiger partial charge is 0.384 e. The van der Waals surface area contributed by atoms with Gasteiger partial charge in [-0.25, -0.2) is 0 Å². The first-order valence-corrected chi connectivity index (χ1v) is 8.45. The molecular formula is C21H21N3. The molecule has 0 fully saturated rings. The van der Waals surface area contributed by atoms with Gasteiger partial charge in [-0.3, -0.25) is 4.98 Å². The second kappa shape index (κ2) is 6.36. The van der Waals surface area contributed by atoms with Crippen LogP contribution < -0.4 is 5.32 Å². The van der Waals surface area contributed by atoms with Crippen molar-refractivity contribution in [3.05, 3.63) is 72.6 Å². The number of nitrogens with one attached hydrogen (secondary N) is 1. The summed E-state index contributed by atoms with van der Waals surface area (Å²) in [6.07, 6.45) is 3.25. The van der Waals surface area contributed by atoms with E-state index in [1.54, 1.807) is 0 Å². The van der Waals surface area contributed by atoms with Gasteiger partial charge in [-0.2, -0.15) is 0 Å². The van der Waals surface area contributed by atoms with Crippen molar-refractivity contribution in [1.82, 2.24) is 9.55 Å². The van der Waals surface area contributed by atoms with Crippen LogP contribution in [-0.4, -0.2) is 16.1 Å². The second-order valence-corrected chi connectivity index (χ2v) is 6.18. The first-order valence-electron chi connectivity index (χ1n) is 8.45. The molecule has 0 saturated carbocycles. The molecule has 0 spiro atoms. The van der Waals surface area contributed by atoms with E-state index in [9.17, 15) is 0 Å². The van der Waals surface area contributed by atoms with E-state index in [-0.39, 0.29) is 0 Å². The highest BCUT2D eigenvalue weighted by atomic mass is 15.0.